The molecule has 16 heavy (non-hydrogen) atoms. The SMILES string of the molecule is Nc1cc(N)cc(C(=O)Nc2ncc[nH]2)c1. The van der Waals surface area contributed by atoms with Crippen LogP contribution in [0.5, 0.6) is 0 Å². The third-order valence-corrected chi connectivity index (χ3v) is 1.97. The zero-order chi connectivity index (χ0) is 11.5. The molecule has 6 N–H and O–H groups in total. The topological polar surface area (TPSA) is 110 Å². The Balaban J connectivity index is 2.21. The molecule has 1 aromatic heterocycles. The fourth-order valence-electron chi connectivity index (χ4n) is 1.32. The van der Waals surface area contributed by atoms with Crippen LogP contribution < -0.4 is 16.8 Å². The third-order valence-electron chi connectivity index (χ3n) is 1.97. The zero-order valence-corrected chi connectivity index (χ0v) is 8.40. The Morgan fingerprint density at radius 3 is 2.50 bits per heavy atom. The van der Waals surface area contributed by atoms with Crippen molar-refractivity contribution in [3.05, 3.63) is 36.2 Å². The second-order valence-corrected chi connectivity index (χ2v) is 3.28. The first-order chi connectivity index (χ1) is 7.65. The number of hydrogen-bond donors (Lipinski definition) is 4. The van der Waals surface area contributed by atoms with Gasteiger partial charge in [0.05, 0.1) is 0 Å². The quantitative estimate of drug-likeness (QED) is 0.558. The molecule has 6 nitrogen and oxygen atoms in total. The Kier molecular flexibility index (Phi) is 2.47. The number of amides is 1. The molecule has 0 unspecified atom stereocenters. The zero-order valence-electron chi connectivity index (χ0n) is 8.40. The van der Waals surface area contributed by atoms with E-state index in [1.807, 2.05) is 0 Å². The Bertz CT molecular complexity index is 486. The average Bonchev–Trinajstić information content (AvgIpc) is 2.68. The highest BCUT2D eigenvalue weighted by atomic mass is 16.1. The number of nitrogens with two attached hydrogens (primary N) is 2. The molecule has 0 aliphatic heterocycles. The summed E-state index contributed by atoms with van der Waals surface area (Å²) in [5, 5.41) is 2.58. The van der Waals surface area contributed by atoms with Gasteiger partial charge in [-0.3, -0.25) is 10.1 Å². The second kappa shape index (κ2) is 3.93. The van der Waals surface area contributed by atoms with E-state index < -0.39 is 0 Å². The van der Waals surface area contributed by atoms with Gasteiger partial charge in [0.2, 0.25) is 5.95 Å². The number of nitrogens with one attached hydrogen (secondary N) is 2. The molecule has 0 bridgehead atoms. The molecule has 1 amide bonds. The highest BCUT2D eigenvalue weighted by molar-refractivity contribution is 6.04. The van der Waals surface area contributed by atoms with E-state index in [9.17, 15) is 4.79 Å². The molecule has 0 saturated carbocycles. The number of benzene rings is 1. The van der Waals surface area contributed by atoms with Crippen LogP contribution in [0.4, 0.5) is 17.3 Å². The first-order valence-electron chi connectivity index (χ1n) is 4.62. The van der Waals surface area contributed by atoms with Crippen molar-refractivity contribution in [2.45, 2.75) is 0 Å². The summed E-state index contributed by atoms with van der Waals surface area (Å²) < 4.78 is 0. The Labute approximate surface area is 91.7 Å². The van der Waals surface area contributed by atoms with Gasteiger partial charge in [0.25, 0.3) is 5.91 Å². The number of nitrogens with zero attached hydrogens (tertiary/aromatic N) is 1. The van der Waals surface area contributed by atoms with Crippen LogP contribution in [0.15, 0.2) is 30.6 Å². The van der Waals surface area contributed by atoms with Crippen molar-refractivity contribution in [3.63, 3.8) is 0 Å². The van der Waals surface area contributed by atoms with Crippen LogP contribution in [0, 0.1) is 0 Å². The minimum atomic E-state index is -0.311. The van der Waals surface area contributed by atoms with Crippen molar-refractivity contribution >= 4 is 23.2 Å². The van der Waals surface area contributed by atoms with Gasteiger partial charge in [-0.15, -0.1) is 0 Å². The summed E-state index contributed by atoms with van der Waals surface area (Å²) in [5.74, 6) is 0.0694. The van der Waals surface area contributed by atoms with E-state index in [1.165, 1.54) is 0 Å². The smallest absolute Gasteiger partial charge is 0.258 e. The molecule has 6 heteroatoms. The molecule has 0 fully saturated rings. The highest BCUT2D eigenvalue weighted by Crippen LogP contribution is 2.14. The molecule has 0 atom stereocenters. The third kappa shape index (κ3) is 2.11. The summed E-state index contributed by atoms with van der Waals surface area (Å²) in [4.78, 5) is 18.4. The number of nitrogen functional groups attached to an aromatic ring is 2. The molecule has 1 aromatic carbocycles. The molecule has 82 valence electrons. The van der Waals surface area contributed by atoms with Crippen LogP contribution in [0.3, 0.4) is 0 Å². The number of aromatic amines is 1. The predicted octanol–water partition coefficient (Wildman–Crippen LogP) is 0.826. The van der Waals surface area contributed by atoms with E-state index in [-0.39, 0.29) is 5.91 Å². The van der Waals surface area contributed by atoms with Gasteiger partial charge in [0.1, 0.15) is 0 Å². The van der Waals surface area contributed by atoms with Gasteiger partial charge in [0, 0.05) is 29.3 Å². The molecule has 0 aliphatic rings. The molecule has 0 radical (unpaired) electrons. The van der Waals surface area contributed by atoms with Crippen LogP contribution in [0.25, 0.3) is 0 Å². The molecule has 2 aromatic rings. The number of H-pyrrole nitrogens is 1. The molecule has 0 saturated heterocycles. The molecule has 0 spiro atoms. The van der Waals surface area contributed by atoms with E-state index in [0.717, 1.165) is 0 Å². The largest absolute Gasteiger partial charge is 0.399 e. The van der Waals surface area contributed by atoms with Crippen LogP contribution in [0.1, 0.15) is 10.4 Å². The Morgan fingerprint density at radius 1 is 1.25 bits per heavy atom. The van der Waals surface area contributed by atoms with Crippen molar-refractivity contribution < 1.29 is 4.79 Å². The summed E-state index contributed by atoms with van der Waals surface area (Å²) in [6.07, 6.45) is 3.16. The second-order valence-electron chi connectivity index (χ2n) is 3.28. The van der Waals surface area contributed by atoms with Gasteiger partial charge in [-0.1, -0.05) is 0 Å². The molecular weight excluding hydrogens is 206 g/mol. The predicted molar refractivity (Wildman–Crippen MR) is 61.8 cm³/mol. The number of imidazole rings is 1. The van der Waals surface area contributed by atoms with E-state index in [2.05, 4.69) is 15.3 Å². The summed E-state index contributed by atoms with van der Waals surface area (Å²) in [6, 6.07) is 4.69. The maximum atomic E-state index is 11.7. The van der Waals surface area contributed by atoms with Crippen LogP contribution >= 0.6 is 0 Å². The van der Waals surface area contributed by atoms with Crippen molar-refractivity contribution in [2.24, 2.45) is 0 Å². The Hall–Kier alpha value is -2.50. The highest BCUT2D eigenvalue weighted by Gasteiger charge is 2.08. The maximum Gasteiger partial charge on any atom is 0.258 e. The number of rotatable bonds is 2. The van der Waals surface area contributed by atoms with E-state index >= 15 is 0 Å². The van der Waals surface area contributed by atoms with Crippen LogP contribution in [0.2, 0.25) is 0 Å². The average molecular weight is 217 g/mol. The first-order valence-corrected chi connectivity index (χ1v) is 4.62. The van der Waals surface area contributed by atoms with E-state index in [1.54, 1.807) is 30.6 Å². The standard InChI is InChI=1S/C10H11N5O/c11-7-3-6(4-8(12)5-7)9(16)15-10-13-1-2-14-10/h1-5H,11-12H2,(H2,13,14,15,16). The van der Waals surface area contributed by atoms with E-state index in [0.29, 0.717) is 22.9 Å². The normalized spacial score (nSPS) is 10.0. The number of hydrogen-bond acceptors (Lipinski definition) is 4. The molecular formula is C10H11N5O. The lowest BCUT2D eigenvalue weighted by atomic mass is 10.1. The van der Waals surface area contributed by atoms with Gasteiger partial charge in [-0.25, -0.2) is 4.98 Å². The molecule has 1 heterocycles. The molecule has 2 rings (SSSR count). The minimum Gasteiger partial charge on any atom is -0.399 e. The van der Waals surface area contributed by atoms with Gasteiger partial charge in [-0.05, 0) is 18.2 Å². The van der Waals surface area contributed by atoms with E-state index in [4.69, 9.17) is 11.5 Å². The van der Waals surface area contributed by atoms with Crippen molar-refractivity contribution in [2.75, 3.05) is 16.8 Å². The lowest BCUT2D eigenvalue weighted by molar-refractivity contribution is 0.102. The summed E-state index contributed by atoms with van der Waals surface area (Å²) in [7, 11) is 0. The Morgan fingerprint density at radius 2 is 1.94 bits per heavy atom. The summed E-state index contributed by atoms with van der Waals surface area (Å²) >= 11 is 0. The fraction of sp³-hybridized carbons (Fsp3) is 0. The summed E-state index contributed by atoms with van der Waals surface area (Å²) in [6.45, 7) is 0. The lowest BCUT2D eigenvalue weighted by Gasteiger charge is -2.04. The number of carbonyl (C=O) groups excluding carboxylic acids is 1. The van der Waals surface area contributed by atoms with Gasteiger partial charge in [0.15, 0.2) is 0 Å². The number of carbonyl (C=O) groups is 1. The number of anilines is 3. The van der Waals surface area contributed by atoms with Gasteiger partial charge in [-0.2, -0.15) is 0 Å². The van der Waals surface area contributed by atoms with Crippen molar-refractivity contribution in [1.29, 1.82) is 0 Å². The fourth-order valence-corrected chi connectivity index (χ4v) is 1.32. The maximum absolute atomic E-state index is 11.7. The summed E-state index contributed by atoms with van der Waals surface area (Å²) in [5.41, 5.74) is 12.5. The lowest BCUT2D eigenvalue weighted by Crippen LogP contribution is -2.13. The molecule has 0 aliphatic carbocycles. The minimum absolute atomic E-state index is 0.311. The van der Waals surface area contributed by atoms with Crippen LogP contribution in [-0.2, 0) is 0 Å². The monoisotopic (exact) mass is 217 g/mol. The van der Waals surface area contributed by atoms with Crippen LogP contribution in [-0.4, -0.2) is 15.9 Å². The van der Waals surface area contributed by atoms with Crippen molar-refractivity contribution in [1.82, 2.24) is 9.97 Å². The first kappa shape index (κ1) is 10.0. The van der Waals surface area contributed by atoms with Crippen molar-refractivity contribution in [3.8, 4) is 0 Å². The number of aromatic nitrogens is 2. The van der Waals surface area contributed by atoms with Gasteiger partial charge >= 0.3 is 0 Å². The van der Waals surface area contributed by atoms with Gasteiger partial charge < -0.3 is 16.5 Å².